The van der Waals surface area contributed by atoms with Crippen LogP contribution in [0.5, 0.6) is 11.5 Å². The molecule has 2 N–H and O–H groups in total. The molecule has 8 heteroatoms. The third kappa shape index (κ3) is 4.07. The van der Waals surface area contributed by atoms with Gasteiger partial charge in [-0.25, -0.2) is 0 Å². The van der Waals surface area contributed by atoms with E-state index < -0.39 is 11.8 Å². The van der Waals surface area contributed by atoms with Crippen LogP contribution in [0, 0.1) is 0 Å². The second kappa shape index (κ2) is 8.07. The Labute approximate surface area is 158 Å². The largest absolute Gasteiger partial charge is 0.497 e. The Morgan fingerprint density at radius 3 is 2.42 bits per heavy atom. The molecule has 0 unspecified atom stereocenters. The highest BCUT2D eigenvalue weighted by Gasteiger charge is 2.17. The summed E-state index contributed by atoms with van der Waals surface area (Å²) >= 11 is 7.49. The maximum absolute atomic E-state index is 12.2. The molecule has 0 spiro atoms. The van der Waals surface area contributed by atoms with Gasteiger partial charge in [0.15, 0.2) is 6.61 Å². The van der Waals surface area contributed by atoms with Gasteiger partial charge in [-0.2, -0.15) is 0 Å². The van der Waals surface area contributed by atoms with Crippen LogP contribution < -0.4 is 20.3 Å². The molecule has 0 radical (unpaired) electrons. The van der Waals surface area contributed by atoms with Crippen molar-refractivity contribution < 1.29 is 19.1 Å². The minimum Gasteiger partial charge on any atom is -0.497 e. The fourth-order valence-corrected chi connectivity index (χ4v) is 3.61. The second-order valence-corrected chi connectivity index (χ2v) is 6.64. The fourth-order valence-electron chi connectivity index (χ4n) is 2.20. The first kappa shape index (κ1) is 18.0. The van der Waals surface area contributed by atoms with Crippen LogP contribution in [-0.4, -0.2) is 25.5 Å². The van der Waals surface area contributed by atoms with Gasteiger partial charge in [0, 0.05) is 10.1 Å². The number of hydrogen-bond donors (Lipinski definition) is 2. The van der Waals surface area contributed by atoms with Gasteiger partial charge in [-0.05, 0) is 30.3 Å². The highest BCUT2D eigenvalue weighted by atomic mass is 35.5. The summed E-state index contributed by atoms with van der Waals surface area (Å²) in [5.41, 5.74) is 4.65. The van der Waals surface area contributed by atoms with E-state index in [1.807, 2.05) is 24.3 Å². The van der Waals surface area contributed by atoms with Crippen molar-refractivity contribution in [2.45, 2.75) is 0 Å². The fraction of sp³-hybridized carbons (Fsp3) is 0.111. The molecule has 3 rings (SSSR count). The molecule has 6 nitrogen and oxygen atoms in total. The first-order chi connectivity index (χ1) is 12.6. The van der Waals surface area contributed by atoms with Gasteiger partial charge in [-0.3, -0.25) is 20.4 Å². The SMILES string of the molecule is COc1ccc(OCC(=O)NNC(=O)c2sc3ccccc3c2Cl)cc1. The molecule has 1 aromatic heterocycles. The molecule has 26 heavy (non-hydrogen) atoms. The Morgan fingerprint density at radius 1 is 1.04 bits per heavy atom. The average Bonchev–Trinajstić information content (AvgIpc) is 3.02. The van der Waals surface area contributed by atoms with Crippen LogP contribution in [0.2, 0.25) is 5.02 Å². The molecule has 2 aromatic carbocycles. The molecule has 0 bridgehead atoms. The molecule has 3 aromatic rings. The van der Waals surface area contributed by atoms with E-state index in [1.165, 1.54) is 11.3 Å². The molecule has 2 amide bonds. The number of fused-ring (bicyclic) bond motifs is 1. The quantitative estimate of drug-likeness (QED) is 0.654. The molecule has 0 aliphatic heterocycles. The molecular formula is C18H15ClN2O4S. The van der Waals surface area contributed by atoms with Crippen LogP contribution in [0.3, 0.4) is 0 Å². The maximum Gasteiger partial charge on any atom is 0.281 e. The lowest BCUT2D eigenvalue weighted by molar-refractivity contribution is -0.123. The van der Waals surface area contributed by atoms with Crippen molar-refractivity contribution in [2.75, 3.05) is 13.7 Å². The molecule has 134 valence electrons. The van der Waals surface area contributed by atoms with Gasteiger partial charge in [-0.15, -0.1) is 11.3 Å². The van der Waals surface area contributed by atoms with Gasteiger partial charge in [0.2, 0.25) is 0 Å². The van der Waals surface area contributed by atoms with Gasteiger partial charge in [-0.1, -0.05) is 29.8 Å². The summed E-state index contributed by atoms with van der Waals surface area (Å²) < 4.78 is 11.3. The minimum atomic E-state index is -0.494. The number of rotatable bonds is 5. The van der Waals surface area contributed by atoms with Crippen LogP contribution in [0.4, 0.5) is 0 Å². The van der Waals surface area contributed by atoms with Crippen molar-refractivity contribution in [3.8, 4) is 11.5 Å². The number of thiophene rings is 1. The summed E-state index contributed by atoms with van der Waals surface area (Å²) in [6.45, 7) is -0.243. The summed E-state index contributed by atoms with van der Waals surface area (Å²) in [5, 5.41) is 1.17. The number of hydrazine groups is 1. The number of halogens is 1. The zero-order valence-electron chi connectivity index (χ0n) is 13.7. The summed E-state index contributed by atoms with van der Waals surface area (Å²) in [6, 6.07) is 14.2. The van der Waals surface area contributed by atoms with E-state index in [4.69, 9.17) is 21.1 Å². The van der Waals surface area contributed by atoms with Crippen molar-refractivity contribution in [2.24, 2.45) is 0 Å². The number of methoxy groups -OCH3 is 1. The third-order valence-corrected chi connectivity index (χ3v) is 5.16. The van der Waals surface area contributed by atoms with Crippen LogP contribution >= 0.6 is 22.9 Å². The van der Waals surface area contributed by atoms with E-state index in [0.717, 1.165) is 10.1 Å². The first-order valence-corrected chi connectivity index (χ1v) is 8.81. The van der Waals surface area contributed by atoms with Gasteiger partial charge in [0.1, 0.15) is 16.4 Å². The maximum atomic E-state index is 12.2. The Balaban J connectivity index is 1.53. The van der Waals surface area contributed by atoms with Crippen molar-refractivity contribution in [1.29, 1.82) is 0 Å². The number of carbonyl (C=O) groups excluding carboxylic acids is 2. The summed E-state index contributed by atoms with van der Waals surface area (Å²) in [6.07, 6.45) is 0. The van der Waals surface area contributed by atoms with E-state index in [2.05, 4.69) is 10.9 Å². The molecule has 0 aliphatic rings. The third-order valence-electron chi connectivity index (χ3n) is 3.49. The predicted octanol–water partition coefficient (Wildman–Crippen LogP) is 3.40. The predicted molar refractivity (Wildman–Crippen MR) is 101 cm³/mol. The monoisotopic (exact) mass is 390 g/mol. The Morgan fingerprint density at radius 2 is 1.73 bits per heavy atom. The van der Waals surface area contributed by atoms with Crippen LogP contribution in [0.15, 0.2) is 48.5 Å². The molecule has 0 saturated carbocycles. The number of benzene rings is 2. The van der Waals surface area contributed by atoms with Crippen LogP contribution in [0.25, 0.3) is 10.1 Å². The van der Waals surface area contributed by atoms with Crippen LogP contribution in [0.1, 0.15) is 9.67 Å². The topological polar surface area (TPSA) is 76.7 Å². The molecule has 0 fully saturated rings. The number of hydrogen-bond acceptors (Lipinski definition) is 5. The van der Waals surface area contributed by atoms with E-state index in [-0.39, 0.29) is 6.61 Å². The second-order valence-electron chi connectivity index (χ2n) is 5.21. The highest BCUT2D eigenvalue weighted by Crippen LogP contribution is 2.34. The van der Waals surface area contributed by atoms with Crippen LogP contribution in [-0.2, 0) is 4.79 Å². The lowest BCUT2D eigenvalue weighted by atomic mass is 10.2. The Bertz CT molecular complexity index is 940. The van der Waals surface area contributed by atoms with E-state index >= 15 is 0 Å². The van der Waals surface area contributed by atoms with Crippen molar-refractivity contribution in [3.63, 3.8) is 0 Å². The lowest BCUT2D eigenvalue weighted by Gasteiger charge is -2.08. The number of nitrogens with one attached hydrogen (secondary N) is 2. The standard InChI is InChI=1S/C18H15ClN2O4S/c1-24-11-6-8-12(9-7-11)25-10-15(22)20-21-18(23)17-16(19)13-4-2-3-5-14(13)26-17/h2-9H,10H2,1H3,(H,20,22)(H,21,23). The van der Waals surface area contributed by atoms with E-state index in [1.54, 1.807) is 31.4 Å². The lowest BCUT2D eigenvalue weighted by Crippen LogP contribution is -2.43. The summed E-state index contributed by atoms with van der Waals surface area (Å²) in [7, 11) is 1.56. The number of amides is 2. The number of carbonyl (C=O) groups is 2. The average molecular weight is 391 g/mol. The highest BCUT2D eigenvalue weighted by molar-refractivity contribution is 7.21. The normalized spacial score (nSPS) is 10.4. The molecule has 1 heterocycles. The first-order valence-electron chi connectivity index (χ1n) is 7.61. The molecule has 0 atom stereocenters. The molecule has 0 saturated heterocycles. The van der Waals surface area contributed by atoms with Gasteiger partial charge < -0.3 is 9.47 Å². The molecular weight excluding hydrogens is 376 g/mol. The minimum absolute atomic E-state index is 0.243. The Kier molecular flexibility index (Phi) is 5.60. The summed E-state index contributed by atoms with van der Waals surface area (Å²) in [4.78, 5) is 24.4. The number of ether oxygens (including phenoxy) is 2. The van der Waals surface area contributed by atoms with Gasteiger partial charge in [0.05, 0.1) is 12.1 Å². The molecule has 0 aliphatic carbocycles. The smallest absolute Gasteiger partial charge is 0.281 e. The van der Waals surface area contributed by atoms with Crippen molar-refractivity contribution in [1.82, 2.24) is 10.9 Å². The van der Waals surface area contributed by atoms with E-state index in [9.17, 15) is 9.59 Å². The van der Waals surface area contributed by atoms with Crippen molar-refractivity contribution in [3.05, 3.63) is 58.4 Å². The summed E-state index contributed by atoms with van der Waals surface area (Å²) in [5.74, 6) is 0.231. The van der Waals surface area contributed by atoms with Gasteiger partial charge >= 0.3 is 0 Å². The van der Waals surface area contributed by atoms with E-state index in [0.29, 0.717) is 21.4 Å². The zero-order valence-corrected chi connectivity index (χ0v) is 15.3. The van der Waals surface area contributed by atoms with Gasteiger partial charge in [0.25, 0.3) is 11.8 Å². The Hall–Kier alpha value is -2.77. The zero-order chi connectivity index (χ0) is 18.5. The van der Waals surface area contributed by atoms with Crippen molar-refractivity contribution >= 4 is 44.8 Å².